The summed E-state index contributed by atoms with van der Waals surface area (Å²) in [6.07, 6.45) is 0.352. The molecule has 0 saturated heterocycles. The average molecular weight is 224 g/mol. The van der Waals surface area contributed by atoms with E-state index in [1.165, 1.54) is 0 Å². The number of Topliss-reactive ketones (excluding diaryl/α,β-unsaturated/α-hetero) is 1. The van der Waals surface area contributed by atoms with E-state index < -0.39 is 0 Å². The Hall–Kier alpha value is -2.16. The van der Waals surface area contributed by atoms with Gasteiger partial charge in [0.2, 0.25) is 0 Å². The van der Waals surface area contributed by atoms with Crippen molar-refractivity contribution in [2.45, 2.75) is 13.3 Å². The van der Waals surface area contributed by atoms with Crippen LogP contribution in [0.5, 0.6) is 0 Å². The fourth-order valence-electron chi connectivity index (χ4n) is 2.17. The van der Waals surface area contributed by atoms with Gasteiger partial charge in [-0.15, -0.1) is 0 Å². The average Bonchev–Trinajstić information content (AvgIpc) is 2.28. The fraction of sp³-hybridized carbons (Fsp3) is 0.143. The highest BCUT2D eigenvalue weighted by molar-refractivity contribution is 6.17. The molecule has 1 aliphatic heterocycles. The molecule has 0 atom stereocenters. The standard InChI is InChI=1S/C14H12N2O/c1-9(17)8-13-15-11-6-2-4-10-5-3-7-12(16-13)14(10)11/h2-7H,8H2,1H3,(H,15,16). The highest BCUT2D eigenvalue weighted by Crippen LogP contribution is 2.35. The van der Waals surface area contributed by atoms with E-state index in [9.17, 15) is 4.79 Å². The molecule has 0 fully saturated rings. The van der Waals surface area contributed by atoms with Crippen LogP contribution in [0.3, 0.4) is 0 Å². The van der Waals surface area contributed by atoms with E-state index in [1.54, 1.807) is 6.92 Å². The van der Waals surface area contributed by atoms with Crippen molar-refractivity contribution in [1.82, 2.24) is 0 Å². The van der Waals surface area contributed by atoms with Crippen LogP contribution < -0.4 is 5.32 Å². The van der Waals surface area contributed by atoms with Gasteiger partial charge in [-0.2, -0.15) is 0 Å². The Balaban J connectivity index is 2.19. The van der Waals surface area contributed by atoms with Crippen LogP contribution in [0, 0.1) is 0 Å². The number of carbonyl (C=O) groups excluding carboxylic acids is 1. The minimum absolute atomic E-state index is 0.114. The minimum Gasteiger partial charge on any atom is -0.343 e. The van der Waals surface area contributed by atoms with Gasteiger partial charge < -0.3 is 5.32 Å². The molecule has 1 aliphatic rings. The molecule has 0 aromatic heterocycles. The largest absolute Gasteiger partial charge is 0.343 e. The number of carbonyl (C=O) groups is 1. The second-order valence-corrected chi connectivity index (χ2v) is 4.24. The summed E-state index contributed by atoms with van der Waals surface area (Å²) < 4.78 is 0. The van der Waals surface area contributed by atoms with E-state index >= 15 is 0 Å². The summed E-state index contributed by atoms with van der Waals surface area (Å²) >= 11 is 0. The maximum atomic E-state index is 11.1. The van der Waals surface area contributed by atoms with Gasteiger partial charge in [0, 0.05) is 11.1 Å². The molecule has 2 aromatic carbocycles. The van der Waals surface area contributed by atoms with E-state index in [1.807, 2.05) is 24.3 Å². The zero-order valence-electron chi connectivity index (χ0n) is 9.53. The minimum atomic E-state index is 0.114. The molecular weight excluding hydrogens is 212 g/mol. The van der Waals surface area contributed by atoms with E-state index in [4.69, 9.17) is 0 Å². The number of hydrogen-bond acceptors (Lipinski definition) is 3. The molecule has 3 rings (SSSR count). The lowest BCUT2D eigenvalue weighted by molar-refractivity contribution is -0.115. The number of rotatable bonds is 2. The first-order chi connectivity index (χ1) is 8.24. The smallest absolute Gasteiger partial charge is 0.137 e. The number of anilines is 1. The van der Waals surface area contributed by atoms with E-state index in [2.05, 4.69) is 22.4 Å². The number of nitrogens with one attached hydrogen (secondary N) is 1. The quantitative estimate of drug-likeness (QED) is 0.850. The summed E-state index contributed by atoms with van der Waals surface area (Å²) in [6.45, 7) is 1.57. The maximum Gasteiger partial charge on any atom is 0.137 e. The summed E-state index contributed by atoms with van der Waals surface area (Å²) in [7, 11) is 0. The molecule has 0 saturated carbocycles. The summed E-state index contributed by atoms with van der Waals surface area (Å²) in [6, 6.07) is 12.1. The van der Waals surface area contributed by atoms with Crippen molar-refractivity contribution in [1.29, 1.82) is 0 Å². The predicted molar refractivity (Wildman–Crippen MR) is 70.0 cm³/mol. The Morgan fingerprint density at radius 3 is 2.76 bits per heavy atom. The van der Waals surface area contributed by atoms with Crippen LogP contribution in [0.1, 0.15) is 13.3 Å². The van der Waals surface area contributed by atoms with E-state index in [0.29, 0.717) is 6.42 Å². The van der Waals surface area contributed by atoms with Gasteiger partial charge in [-0.05, 0) is 24.4 Å². The van der Waals surface area contributed by atoms with Crippen molar-refractivity contribution in [2.24, 2.45) is 4.99 Å². The molecule has 3 heteroatoms. The molecule has 0 aliphatic carbocycles. The molecule has 0 spiro atoms. The van der Waals surface area contributed by atoms with Gasteiger partial charge in [-0.1, -0.05) is 24.3 Å². The van der Waals surface area contributed by atoms with Crippen LogP contribution in [0.2, 0.25) is 0 Å². The van der Waals surface area contributed by atoms with Crippen molar-refractivity contribution < 1.29 is 4.79 Å². The highest BCUT2D eigenvalue weighted by Gasteiger charge is 2.14. The third kappa shape index (κ3) is 1.69. The number of nitrogens with zero attached hydrogens (tertiary/aromatic N) is 1. The summed E-state index contributed by atoms with van der Waals surface area (Å²) in [5.41, 5.74) is 1.97. The van der Waals surface area contributed by atoms with Crippen molar-refractivity contribution in [3.8, 4) is 0 Å². The molecule has 3 nitrogen and oxygen atoms in total. The van der Waals surface area contributed by atoms with Gasteiger partial charge in [-0.3, -0.25) is 4.79 Å². The van der Waals surface area contributed by atoms with Crippen LogP contribution in [0.15, 0.2) is 41.4 Å². The lowest BCUT2D eigenvalue weighted by Crippen LogP contribution is -2.17. The molecule has 1 N–H and O–H groups in total. The van der Waals surface area contributed by atoms with Crippen LogP contribution >= 0.6 is 0 Å². The molecule has 0 bridgehead atoms. The molecular formula is C14H12N2O. The van der Waals surface area contributed by atoms with E-state index in [-0.39, 0.29) is 5.78 Å². The Kier molecular flexibility index (Phi) is 2.18. The first kappa shape index (κ1) is 10.0. The topological polar surface area (TPSA) is 41.5 Å². The first-order valence-corrected chi connectivity index (χ1v) is 5.60. The van der Waals surface area contributed by atoms with Gasteiger partial charge in [0.1, 0.15) is 11.6 Å². The molecule has 17 heavy (non-hydrogen) atoms. The molecule has 0 amide bonds. The highest BCUT2D eigenvalue weighted by atomic mass is 16.1. The second kappa shape index (κ2) is 3.70. The third-order valence-electron chi connectivity index (χ3n) is 2.83. The maximum absolute atomic E-state index is 11.1. The zero-order chi connectivity index (χ0) is 11.8. The van der Waals surface area contributed by atoms with Crippen LogP contribution in [0.4, 0.5) is 11.4 Å². The Labute approximate surface area is 99.2 Å². The normalized spacial score (nSPS) is 13.1. The predicted octanol–water partition coefficient (Wildman–Crippen LogP) is 3.27. The second-order valence-electron chi connectivity index (χ2n) is 4.24. The molecule has 84 valence electrons. The number of ketones is 1. The Bertz CT molecular complexity index is 638. The first-order valence-electron chi connectivity index (χ1n) is 5.60. The fourth-order valence-corrected chi connectivity index (χ4v) is 2.17. The van der Waals surface area contributed by atoms with Crippen LogP contribution in [-0.2, 0) is 4.79 Å². The van der Waals surface area contributed by atoms with Crippen molar-refractivity contribution in [3.63, 3.8) is 0 Å². The molecule has 2 aromatic rings. The van der Waals surface area contributed by atoms with Gasteiger partial charge in [0.05, 0.1) is 12.1 Å². The van der Waals surface area contributed by atoms with Gasteiger partial charge in [0.15, 0.2) is 0 Å². The SMILES string of the molecule is CC(=O)CC1=Nc2cccc3cccc(c23)N1. The molecule has 1 heterocycles. The number of aliphatic imine (C=N–C) groups is 1. The third-order valence-corrected chi connectivity index (χ3v) is 2.83. The number of benzene rings is 2. The van der Waals surface area contributed by atoms with Crippen molar-refractivity contribution in [2.75, 3.05) is 5.32 Å². The summed E-state index contributed by atoms with van der Waals surface area (Å²) in [5.74, 6) is 0.839. The molecule has 0 radical (unpaired) electrons. The van der Waals surface area contributed by atoms with Crippen molar-refractivity contribution >= 4 is 33.8 Å². The number of hydrogen-bond donors (Lipinski definition) is 1. The molecule has 0 unspecified atom stereocenters. The summed E-state index contributed by atoms with van der Waals surface area (Å²) in [4.78, 5) is 15.6. The van der Waals surface area contributed by atoms with Gasteiger partial charge in [-0.25, -0.2) is 4.99 Å². The summed E-state index contributed by atoms with van der Waals surface area (Å²) in [5, 5.41) is 5.51. The van der Waals surface area contributed by atoms with Crippen molar-refractivity contribution in [3.05, 3.63) is 36.4 Å². The Morgan fingerprint density at radius 1 is 1.24 bits per heavy atom. The Morgan fingerprint density at radius 2 is 2.00 bits per heavy atom. The lowest BCUT2D eigenvalue weighted by Gasteiger charge is -2.18. The van der Waals surface area contributed by atoms with Crippen LogP contribution in [-0.4, -0.2) is 11.6 Å². The van der Waals surface area contributed by atoms with E-state index in [0.717, 1.165) is 28.0 Å². The zero-order valence-corrected chi connectivity index (χ0v) is 9.53. The van der Waals surface area contributed by atoms with Crippen LogP contribution in [0.25, 0.3) is 10.8 Å². The van der Waals surface area contributed by atoms with Gasteiger partial charge in [0.25, 0.3) is 0 Å². The van der Waals surface area contributed by atoms with Gasteiger partial charge >= 0.3 is 0 Å². The number of amidine groups is 1. The lowest BCUT2D eigenvalue weighted by atomic mass is 10.0. The monoisotopic (exact) mass is 224 g/mol.